The number of nitrogens with zero attached hydrogens (tertiary/aromatic N) is 5. The highest BCUT2D eigenvalue weighted by molar-refractivity contribution is 7.89. The zero-order valence-corrected chi connectivity index (χ0v) is 18.6. The second-order valence-corrected chi connectivity index (χ2v) is 9.19. The number of aliphatic imine (C=N–C) groups is 1. The average Bonchev–Trinajstić information content (AvgIpc) is 3.24. The predicted octanol–water partition coefficient (Wildman–Crippen LogP) is 0.906. The van der Waals surface area contributed by atoms with Gasteiger partial charge in [-0.05, 0) is 24.7 Å². The van der Waals surface area contributed by atoms with Crippen LogP contribution >= 0.6 is 11.5 Å². The molecule has 11 heteroatoms. The van der Waals surface area contributed by atoms with Crippen molar-refractivity contribution in [1.29, 1.82) is 0 Å². The molecule has 0 atom stereocenters. The van der Waals surface area contributed by atoms with Crippen LogP contribution < -0.4 is 14.9 Å². The van der Waals surface area contributed by atoms with Gasteiger partial charge in [0.15, 0.2) is 5.96 Å². The summed E-state index contributed by atoms with van der Waals surface area (Å²) in [7, 11) is -0.234. The molecule has 0 amide bonds. The Bertz CT molecular complexity index is 933. The molecule has 0 aliphatic carbocycles. The van der Waals surface area contributed by atoms with Gasteiger partial charge >= 0.3 is 0 Å². The normalized spacial score (nSPS) is 15.6. The van der Waals surface area contributed by atoms with E-state index in [1.165, 1.54) is 18.6 Å². The van der Waals surface area contributed by atoms with Crippen LogP contribution in [0.15, 0.2) is 34.2 Å². The number of sulfonamides is 1. The third-order valence-corrected chi connectivity index (χ3v) is 7.03. The van der Waals surface area contributed by atoms with Crippen LogP contribution in [0.3, 0.4) is 0 Å². The molecule has 2 heterocycles. The van der Waals surface area contributed by atoms with Gasteiger partial charge in [0.25, 0.3) is 0 Å². The standard InChI is InChI=1S/C18H27N7O2S2/c1-4-16-22-18(28-23-16)25-11-9-24(10-12-25)17(19-2)21-13-14-5-7-15(8-6-14)29(26,27)20-3/h5-8,20H,4,9-13H2,1-3H3,(H,19,21). The van der Waals surface area contributed by atoms with Crippen LogP contribution in [0.4, 0.5) is 5.13 Å². The van der Waals surface area contributed by atoms with Crippen molar-refractivity contribution in [3.05, 3.63) is 35.7 Å². The molecule has 9 nitrogen and oxygen atoms in total. The Morgan fingerprint density at radius 1 is 1.21 bits per heavy atom. The molecule has 0 bridgehead atoms. The van der Waals surface area contributed by atoms with Crippen molar-refractivity contribution in [3.63, 3.8) is 0 Å². The van der Waals surface area contributed by atoms with Gasteiger partial charge in [-0.25, -0.2) is 18.1 Å². The van der Waals surface area contributed by atoms with Crippen molar-refractivity contribution in [2.45, 2.75) is 24.8 Å². The number of hydrogen-bond donors (Lipinski definition) is 2. The number of benzene rings is 1. The van der Waals surface area contributed by atoms with Crippen LogP contribution in [0, 0.1) is 0 Å². The minimum absolute atomic E-state index is 0.257. The summed E-state index contributed by atoms with van der Waals surface area (Å²) in [5.74, 6) is 1.74. The summed E-state index contributed by atoms with van der Waals surface area (Å²) in [6, 6.07) is 6.83. The molecule has 0 radical (unpaired) electrons. The van der Waals surface area contributed by atoms with Gasteiger partial charge in [-0.15, -0.1) is 0 Å². The van der Waals surface area contributed by atoms with Gasteiger partial charge in [0.2, 0.25) is 15.2 Å². The molecule has 2 aromatic rings. The van der Waals surface area contributed by atoms with Crippen molar-refractivity contribution in [2.75, 3.05) is 45.2 Å². The van der Waals surface area contributed by atoms with Crippen LogP contribution in [0.1, 0.15) is 18.3 Å². The maximum atomic E-state index is 11.8. The number of rotatable bonds is 6. The van der Waals surface area contributed by atoms with Gasteiger partial charge in [0.05, 0.1) is 4.90 Å². The Hall–Kier alpha value is -2.24. The maximum Gasteiger partial charge on any atom is 0.240 e. The van der Waals surface area contributed by atoms with E-state index in [2.05, 4.69) is 41.1 Å². The molecule has 3 rings (SSSR count). The molecule has 158 valence electrons. The average molecular weight is 438 g/mol. The largest absolute Gasteiger partial charge is 0.352 e. The number of anilines is 1. The fourth-order valence-electron chi connectivity index (χ4n) is 3.04. The summed E-state index contributed by atoms with van der Waals surface area (Å²) in [4.78, 5) is 13.7. The summed E-state index contributed by atoms with van der Waals surface area (Å²) < 4.78 is 30.3. The molecule has 0 spiro atoms. The predicted molar refractivity (Wildman–Crippen MR) is 116 cm³/mol. The molecule has 1 saturated heterocycles. The summed E-state index contributed by atoms with van der Waals surface area (Å²) in [6.45, 7) is 6.07. The van der Waals surface area contributed by atoms with Crippen molar-refractivity contribution in [3.8, 4) is 0 Å². The first-order valence-corrected chi connectivity index (χ1v) is 11.8. The number of aryl methyl sites for hydroxylation is 1. The zero-order chi connectivity index (χ0) is 20.9. The zero-order valence-electron chi connectivity index (χ0n) is 16.9. The van der Waals surface area contributed by atoms with E-state index in [4.69, 9.17) is 0 Å². The summed E-state index contributed by atoms with van der Waals surface area (Å²) in [5, 5.41) is 4.35. The molecule has 0 unspecified atom stereocenters. The van der Waals surface area contributed by atoms with Crippen LogP contribution in [0.2, 0.25) is 0 Å². The maximum absolute atomic E-state index is 11.8. The Balaban J connectivity index is 1.53. The van der Waals surface area contributed by atoms with Gasteiger partial charge in [-0.2, -0.15) is 4.37 Å². The lowest BCUT2D eigenvalue weighted by molar-refractivity contribution is 0.372. The molecular weight excluding hydrogens is 410 g/mol. The molecule has 1 aliphatic rings. The molecule has 29 heavy (non-hydrogen) atoms. The van der Waals surface area contributed by atoms with Crippen LogP contribution in [-0.2, 0) is 23.0 Å². The first-order valence-electron chi connectivity index (χ1n) is 9.52. The van der Waals surface area contributed by atoms with Crippen LogP contribution in [0.5, 0.6) is 0 Å². The van der Waals surface area contributed by atoms with Crippen molar-refractivity contribution in [1.82, 2.24) is 24.3 Å². The molecule has 0 saturated carbocycles. The Morgan fingerprint density at radius 2 is 1.90 bits per heavy atom. The Labute approximate surface area is 176 Å². The van der Waals surface area contributed by atoms with Gasteiger partial charge in [-0.3, -0.25) is 4.99 Å². The first kappa shape index (κ1) is 21.5. The molecule has 1 fully saturated rings. The SMILES string of the molecule is CCc1nsc(N2CCN(C(=NC)NCc3ccc(S(=O)(=O)NC)cc3)CC2)n1. The van der Waals surface area contributed by atoms with E-state index >= 15 is 0 Å². The molecule has 1 aromatic carbocycles. The lowest BCUT2D eigenvalue weighted by Crippen LogP contribution is -2.52. The van der Waals surface area contributed by atoms with E-state index in [9.17, 15) is 8.42 Å². The van der Waals surface area contributed by atoms with Crippen LogP contribution in [-0.4, -0.2) is 68.9 Å². The fourth-order valence-corrected chi connectivity index (χ4v) is 4.58. The smallest absolute Gasteiger partial charge is 0.240 e. The second-order valence-electron chi connectivity index (χ2n) is 6.57. The van der Waals surface area contributed by atoms with Gasteiger partial charge in [-0.1, -0.05) is 19.1 Å². The minimum atomic E-state index is -3.41. The third-order valence-electron chi connectivity index (χ3n) is 4.79. The molecule has 2 N–H and O–H groups in total. The topological polar surface area (TPSA) is 103 Å². The number of nitrogens with one attached hydrogen (secondary N) is 2. The lowest BCUT2D eigenvalue weighted by Gasteiger charge is -2.36. The van der Waals surface area contributed by atoms with E-state index in [0.29, 0.717) is 6.54 Å². The molecule has 1 aromatic heterocycles. The highest BCUT2D eigenvalue weighted by Crippen LogP contribution is 2.19. The quantitative estimate of drug-likeness (QED) is 0.511. The van der Waals surface area contributed by atoms with Crippen LogP contribution in [0.25, 0.3) is 0 Å². The number of guanidine groups is 1. The first-order chi connectivity index (χ1) is 14.0. The monoisotopic (exact) mass is 437 g/mol. The van der Waals surface area contributed by atoms with E-state index in [-0.39, 0.29) is 4.90 Å². The van der Waals surface area contributed by atoms with Gasteiger partial charge in [0, 0.05) is 57.7 Å². The second kappa shape index (κ2) is 9.51. The van der Waals surface area contributed by atoms with E-state index < -0.39 is 10.0 Å². The number of hydrogen-bond acceptors (Lipinski definition) is 7. The van der Waals surface area contributed by atoms with Crippen molar-refractivity contribution >= 4 is 32.6 Å². The van der Waals surface area contributed by atoms with Crippen molar-refractivity contribution < 1.29 is 8.42 Å². The third kappa shape index (κ3) is 5.22. The highest BCUT2D eigenvalue weighted by Gasteiger charge is 2.22. The van der Waals surface area contributed by atoms with Gasteiger partial charge in [0.1, 0.15) is 5.82 Å². The van der Waals surface area contributed by atoms with Gasteiger partial charge < -0.3 is 15.1 Å². The van der Waals surface area contributed by atoms with E-state index in [1.54, 1.807) is 19.2 Å². The molecule has 1 aliphatic heterocycles. The summed E-state index contributed by atoms with van der Waals surface area (Å²) in [6.07, 6.45) is 0.856. The van der Waals surface area contributed by atoms with Crippen molar-refractivity contribution in [2.24, 2.45) is 4.99 Å². The lowest BCUT2D eigenvalue weighted by atomic mass is 10.2. The van der Waals surface area contributed by atoms with E-state index in [0.717, 1.165) is 55.1 Å². The van der Waals surface area contributed by atoms with E-state index in [1.807, 2.05) is 12.1 Å². The highest BCUT2D eigenvalue weighted by atomic mass is 32.2. The fraction of sp³-hybridized carbons (Fsp3) is 0.500. The number of aromatic nitrogens is 2. The Kier molecular flexibility index (Phi) is 7.04. The minimum Gasteiger partial charge on any atom is -0.352 e. The summed E-state index contributed by atoms with van der Waals surface area (Å²) >= 11 is 1.46. The Morgan fingerprint density at radius 3 is 2.45 bits per heavy atom. The summed E-state index contributed by atoms with van der Waals surface area (Å²) in [5.41, 5.74) is 0.987. The number of piperazine rings is 1. The molecular formula is C18H27N7O2S2.